The molecule has 0 amide bonds. The molecule has 4 aliphatic carbocycles. The number of hydrogen-bond acceptors (Lipinski definition) is 3. The average Bonchev–Trinajstić information content (AvgIpc) is 2.74. The van der Waals surface area contributed by atoms with Crippen LogP contribution >= 0.6 is 0 Å². The number of fused-ring (bicyclic) bond motifs is 5. The Bertz CT molecular complexity index is 726. The first kappa shape index (κ1) is 23.3. The van der Waals surface area contributed by atoms with E-state index in [1.165, 1.54) is 12.8 Å². The van der Waals surface area contributed by atoms with Crippen LogP contribution < -0.4 is 0 Å². The molecule has 0 heterocycles. The highest BCUT2D eigenvalue weighted by Gasteiger charge is 2.62. The van der Waals surface area contributed by atoms with Crippen LogP contribution in [-0.4, -0.2) is 24.3 Å². The summed E-state index contributed by atoms with van der Waals surface area (Å²) in [5, 5.41) is 10.0. The van der Waals surface area contributed by atoms with E-state index in [9.17, 15) is 9.90 Å². The van der Waals surface area contributed by atoms with E-state index in [1.807, 2.05) is 6.92 Å². The van der Waals surface area contributed by atoms with Crippen molar-refractivity contribution in [2.45, 2.75) is 105 Å². The second kappa shape index (κ2) is 8.19. The molecule has 4 aliphatic rings. The number of methoxy groups -OCH3 is 1. The molecular formula is C28H46O3. The zero-order chi connectivity index (χ0) is 22.6. The highest BCUT2D eigenvalue weighted by molar-refractivity contribution is 5.78. The van der Waals surface area contributed by atoms with Crippen molar-refractivity contribution in [1.82, 2.24) is 0 Å². The maximum Gasteiger partial charge on any atom is 0.312 e. The molecule has 176 valence electrons. The number of carbonyl (C=O) groups excluding carboxylic acids is 1. The van der Waals surface area contributed by atoms with E-state index in [0.29, 0.717) is 35.0 Å². The first-order chi connectivity index (χ1) is 14.6. The minimum Gasteiger partial charge on any atom is -0.469 e. The van der Waals surface area contributed by atoms with Crippen LogP contribution in [0.1, 0.15) is 98.8 Å². The summed E-state index contributed by atoms with van der Waals surface area (Å²) in [7, 11) is 1.58. The second-order valence-electron chi connectivity index (χ2n) is 12.5. The zero-order valence-electron chi connectivity index (χ0n) is 20.9. The van der Waals surface area contributed by atoms with Gasteiger partial charge in [0, 0.05) is 0 Å². The lowest BCUT2D eigenvalue weighted by molar-refractivity contribution is -0.165. The van der Waals surface area contributed by atoms with Gasteiger partial charge in [0.05, 0.1) is 18.6 Å². The molecule has 0 saturated heterocycles. The summed E-state index contributed by atoms with van der Waals surface area (Å²) >= 11 is 0. The van der Waals surface area contributed by atoms with Crippen molar-refractivity contribution in [1.29, 1.82) is 0 Å². The molecule has 4 rings (SSSR count). The van der Waals surface area contributed by atoms with Gasteiger partial charge in [-0.25, -0.2) is 0 Å². The van der Waals surface area contributed by atoms with Gasteiger partial charge in [-0.05, 0) is 112 Å². The SMILES string of the molecule is COC(=O)C12CCC(C)CC1C1=CCC3C(C)(CCC(C)O)C(C)CCC3(C)C1CC2. The monoisotopic (exact) mass is 430 g/mol. The topological polar surface area (TPSA) is 46.5 Å². The van der Waals surface area contributed by atoms with Crippen molar-refractivity contribution in [3.8, 4) is 0 Å². The third kappa shape index (κ3) is 3.52. The number of carbonyl (C=O) groups is 1. The molecule has 9 atom stereocenters. The van der Waals surface area contributed by atoms with E-state index in [4.69, 9.17) is 4.74 Å². The first-order valence-corrected chi connectivity index (χ1v) is 13.0. The number of allylic oxidation sites excluding steroid dienone is 2. The van der Waals surface area contributed by atoms with E-state index in [-0.39, 0.29) is 22.9 Å². The molecule has 3 fully saturated rings. The van der Waals surface area contributed by atoms with Crippen LogP contribution in [0, 0.1) is 45.8 Å². The molecule has 0 aromatic rings. The first-order valence-electron chi connectivity index (χ1n) is 13.0. The maximum atomic E-state index is 13.1. The number of ether oxygens (including phenoxy) is 1. The van der Waals surface area contributed by atoms with Crippen molar-refractivity contribution in [2.75, 3.05) is 7.11 Å². The minimum absolute atomic E-state index is 0.0510. The van der Waals surface area contributed by atoms with Crippen LogP contribution in [0.5, 0.6) is 0 Å². The van der Waals surface area contributed by atoms with Crippen LogP contribution in [0.4, 0.5) is 0 Å². The van der Waals surface area contributed by atoms with Crippen molar-refractivity contribution < 1.29 is 14.6 Å². The van der Waals surface area contributed by atoms with E-state index in [0.717, 1.165) is 51.4 Å². The molecule has 9 unspecified atom stereocenters. The molecule has 1 N–H and O–H groups in total. The Balaban J connectivity index is 1.71. The average molecular weight is 431 g/mol. The molecule has 3 nitrogen and oxygen atoms in total. The summed E-state index contributed by atoms with van der Waals surface area (Å²) in [5.74, 6) is 3.10. The summed E-state index contributed by atoms with van der Waals surface area (Å²) in [6.45, 7) is 11.9. The normalized spacial score (nSPS) is 48.0. The fourth-order valence-electron chi connectivity index (χ4n) is 8.81. The number of rotatable bonds is 4. The number of esters is 1. The lowest BCUT2D eigenvalue weighted by Gasteiger charge is -2.64. The van der Waals surface area contributed by atoms with Gasteiger partial charge in [0.1, 0.15) is 0 Å². The van der Waals surface area contributed by atoms with Gasteiger partial charge in [-0.2, -0.15) is 0 Å². The summed E-state index contributed by atoms with van der Waals surface area (Å²) in [4.78, 5) is 13.1. The number of aliphatic hydroxyl groups excluding tert-OH is 1. The standard InChI is InChI=1S/C28H46O3/c1-18-9-15-28(25(30)31-6)16-12-22-21(23(28)17-18)7-8-24-26(4,14-11-20(3)29)19(2)10-13-27(22,24)5/h7,18-20,22-24,29H,8-17H2,1-6H3. The van der Waals surface area contributed by atoms with Gasteiger partial charge in [-0.3, -0.25) is 4.79 Å². The Hall–Kier alpha value is -0.830. The molecular weight excluding hydrogens is 384 g/mol. The quantitative estimate of drug-likeness (QED) is 0.407. The minimum atomic E-state index is -0.273. The predicted molar refractivity (Wildman–Crippen MR) is 125 cm³/mol. The molecule has 0 bridgehead atoms. The van der Waals surface area contributed by atoms with Crippen LogP contribution in [0.2, 0.25) is 0 Å². The van der Waals surface area contributed by atoms with Crippen molar-refractivity contribution in [2.24, 2.45) is 45.8 Å². The van der Waals surface area contributed by atoms with Crippen LogP contribution in [0.15, 0.2) is 11.6 Å². The van der Waals surface area contributed by atoms with Gasteiger partial charge in [-0.15, -0.1) is 0 Å². The Morgan fingerprint density at radius 1 is 1.16 bits per heavy atom. The summed E-state index contributed by atoms with van der Waals surface area (Å²) < 4.78 is 5.41. The maximum absolute atomic E-state index is 13.1. The zero-order valence-corrected chi connectivity index (χ0v) is 20.9. The summed E-state index contributed by atoms with van der Waals surface area (Å²) in [6, 6.07) is 0. The van der Waals surface area contributed by atoms with Gasteiger partial charge < -0.3 is 9.84 Å². The predicted octanol–water partition coefficient (Wildman–Crippen LogP) is 6.54. The lowest BCUT2D eigenvalue weighted by Crippen LogP contribution is -2.57. The van der Waals surface area contributed by atoms with Crippen LogP contribution in [0.25, 0.3) is 0 Å². The third-order valence-electron chi connectivity index (χ3n) is 11.0. The van der Waals surface area contributed by atoms with Crippen LogP contribution in [0.3, 0.4) is 0 Å². The van der Waals surface area contributed by atoms with E-state index < -0.39 is 0 Å². The molecule has 0 aromatic carbocycles. The van der Waals surface area contributed by atoms with Crippen molar-refractivity contribution in [3.63, 3.8) is 0 Å². The smallest absolute Gasteiger partial charge is 0.312 e. The van der Waals surface area contributed by atoms with Gasteiger partial charge in [0.15, 0.2) is 0 Å². The Morgan fingerprint density at radius 2 is 1.87 bits per heavy atom. The fourth-order valence-corrected chi connectivity index (χ4v) is 8.81. The Labute approximate surface area is 190 Å². The molecule has 0 radical (unpaired) electrons. The molecule has 0 spiro atoms. The van der Waals surface area contributed by atoms with E-state index in [1.54, 1.807) is 12.7 Å². The molecule has 0 aromatic heterocycles. The van der Waals surface area contributed by atoms with Crippen LogP contribution in [-0.2, 0) is 9.53 Å². The highest BCUT2D eigenvalue weighted by atomic mass is 16.5. The molecule has 3 heteroatoms. The summed E-state index contributed by atoms with van der Waals surface area (Å²) in [5.41, 5.74) is 1.94. The lowest BCUT2D eigenvalue weighted by atomic mass is 9.40. The Kier molecular flexibility index (Phi) is 6.16. The third-order valence-corrected chi connectivity index (χ3v) is 11.0. The van der Waals surface area contributed by atoms with Gasteiger partial charge in [-0.1, -0.05) is 39.3 Å². The van der Waals surface area contributed by atoms with Gasteiger partial charge in [0.25, 0.3) is 0 Å². The van der Waals surface area contributed by atoms with Gasteiger partial charge in [0.2, 0.25) is 0 Å². The molecule has 31 heavy (non-hydrogen) atoms. The fraction of sp³-hybridized carbons (Fsp3) is 0.893. The Morgan fingerprint density at radius 3 is 2.55 bits per heavy atom. The van der Waals surface area contributed by atoms with E-state index >= 15 is 0 Å². The number of aliphatic hydroxyl groups is 1. The molecule has 3 saturated carbocycles. The molecule has 0 aliphatic heterocycles. The second-order valence-corrected chi connectivity index (χ2v) is 12.5. The van der Waals surface area contributed by atoms with Gasteiger partial charge >= 0.3 is 5.97 Å². The summed E-state index contributed by atoms with van der Waals surface area (Å²) in [6.07, 6.45) is 13.6. The van der Waals surface area contributed by atoms with E-state index in [2.05, 4.69) is 33.8 Å². The largest absolute Gasteiger partial charge is 0.469 e. The van der Waals surface area contributed by atoms with Crippen molar-refractivity contribution >= 4 is 5.97 Å². The number of hydrogen-bond donors (Lipinski definition) is 1. The van der Waals surface area contributed by atoms with Crippen molar-refractivity contribution in [3.05, 3.63) is 11.6 Å². The highest BCUT2D eigenvalue weighted by Crippen LogP contribution is 2.68.